The van der Waals surface area contributed by atoms with E-state index in [1.807, 2.05) is 43.9 Å². The molecule has 0 spiro atoms. The fraction of sp³-hybridized carbons (Fsp3) is 0.552. The second kappa shape index (κ2) is 11.3. The van der Waals surface area contributed by atoms with E-state index in [4.69, 9.17) is 0 Å². The van der Waals surface area contributed by atoms with Gasteiger partial charge >= 0.3 is 0 Å². The fourth-order valence-corrected chi connectivity index (χ4v) is 8.09. The Morgan fingerprint density at radius 2 is 1.51 bits per heavy atom. The Morgan fingerprint density at radius 3 is 2.11 bits per heavy atom. The zero-order valence-electron chi connectivity index (χ0n) is 21.5. The van der Waals surface area contributed by atoms with E-state index in [0.29, 0.717) is 23.9 Å². The molecule has 4 rings (SSSR count). The molecule has 190 valence electrons. The van der Waals surface area contributed by atoms with Gasteiger partial charge in [0.15, 0.2) is 0 Å². The molecule has 1 amide bonds. The first-order valence-corrected chi connectivity index (χ1v) is 14.6. The molecule has 2 aromatic carbocycles. The normalized spacial score (nSPS) is 18.2. The van der Waals surface area contributed by atoms with E-state index >= 15 is 0 Å². The van der Waals surface area contributed by atoms with E-state index in [9.17, 15) is 13.2 Å². The van der Waals surface area contributed by atoms with Gasteiger partial charge in [-0.05, 0) is 75.5 Å². The van der Waals surface area contributed by atoms with Crippen molar-refractivity contribution >= 4 is 15.9 Å². The van der Waals surface area contributed by atoms with E-state index < -0.39 is 10.0 Å². The molecule has 0 unspecified atom stereocenters. The van der Waals surface area contributed by atoms with Gasteiger partial charge in [0.25, 0.3) is 0 Å². The summed E-state index contributed by atoms with van der Waals surface area (Å²) in [5.41, 5.74) is 3.92. The third-order valence-electron chi connectivity index (χ3n) is 7.78. The number of piperidine rings is 1. The van der Waals surface area contributed by atoms with Crippen molar-refractivity contribution in [2.45, 2.75) is 83.1 Å². The summed E-state index contributed by atoms with van der Waals surface area (Å²) >= 11 is 0. The Hall–Kier alpha value is -2.18. The molecule has 2 fully saturated rings. The number of hydrogen-bond donors (Lipinski definition) is 0. The maximum absolute atomic E-state index is 14.0. The number of hydrogen-bond acceptors (Lipinski definition) is 3. The topological polar surface area (TPSA) is 57.7 Å². The number of rotatable bonds is 7. The van der Waals surface area contributed by atoms with Gasteiger partial charge in [0.1, 0.15) is 0 Å². The molecule has 1 saturated heterocycles. The van der Waals surface area contributed by atoms with Crippen molar-refractivity contribution in [3.63, 3.8) is 0 Å². The highest BCUT2D eigenvalue weighted by Gasteiger charge is 2.37. The smallest absolute Gasteiger partial charge is 0.244 e. The summed E-state index contributed by atoms with van der Waals surface area (Å²) in [5.74, 6) is 0.511. The summed E-state index contributed by atoms with van der Waals surface area (Å²) in [7, 11) is -3.78. The molecular weight excluding hydrogens is 456 g/mol. The number of benzene rings is 2. The number of aryl methyl sites for hydroxylation is 3. The highest BCUT2D eigenvalue weighted by atomic mass is 32.2. The van der Waals surface area contributed by atoms with Crippen molar-refractivity contribution in [1.29, 1.82) is 0 Å². The molecule has 0 atom stereocenters. The lowest BCUT2D eigenvalue weighted by atomic mass is 9.90. The second-order valence-electron chi connectivity index (χ2n) is 10.6. The molecule has 2 aromatic rings. The Labute approximate surface area is 211 Å². The third kappa shape index (κ3) is 6.15. The van der Waals surface area contributed by atoms with E-state index in [1.54, 1.807) is 4.31 Å². The van der Waals surface area contributed by atoms with Crippen LogP contribution in [-0.4, -0.2) is 49.2 Å². The van der Waals surface area contributed by atoms with Crippen LogP contribution in [0.5, 0.6) is 0 Å². The Kier molecular flexibility index (Phi) is 8.33. The largest absolute Gasteiger partial charge is 0.342 e. The van der Waals surface area contributed by atoms with Gasteiger partial charge in [-0.1, -0.05) is 67.3 Å². The highest BCUT2D eigenvalue weighted by Crippen LogP contribution is 2.32. The monoisotopic (exact) mass is 496 g/mol. The summed E-state index contributed by atoms with van der Waals surface area (Å²) < 4.78 is 29.6. The summed E-state index contributed by atoms with van der Waals surface area (Å²) in [5, 5.41) is 0. The van der Waals surface area contributed by atoms with Crippen molar-refractivity contribution in [3.8, 4) is 0 Å². The number of carbonyl (C=O) groups is 1. The number of sulfonamides is 1. The molecule has 6 heteroatoms. The average Bonchev–Trinajstić information content (AvgIpc) is 2.83. The zero-order chi connectivity index (χ0) is 25.0. The van der Waals surface area contributed by atoms with Crippen LogP contribution in [-0.2, 0) is 21.2 Å². The van der Waals surface area contributed by atoms with Crippen molar-refractivity contribution in [1.82, 2.24) is 9.21 Å². The first-order valence-electron chi connectivity index (χ1n) is 13.2. The lowest BCUT2D eigenvalue weighted by Crippen LogP contribution is -2.49. The first-order chi connectivity index (χ1) is 16.8. The predicted molar refractivity (Wildman–Crippen MR) is 141 cm³/mol. The summed E-state index contributed by atoms with van der Waals surface area (Å²) in [6, 6.07) is 14.3. The lowest BCUT2D eigenvalue weighted by molar-refractivity contribution is -0.133. The quantitative estimate of drug-likeness (QED) is 0.515. The second-order valence-corrected chi connectivity index (χ2v) is 12.4. The Balaban J connectivity index is 1.49. The molecule has 1 heterocycles. The van der Waals surface area contributed by atoms with Gasteiger partial charge in [-0.25, -0.2) is 8.42 Å². The van der Waals surface area contributed by atoms with Crippen LogP contribution in [0, 0.1) is 26.7 Å². The first kappa shape index (κ1) is 25.9. The molecule has 1 aliphatic heterocycles. The summed E-state index contributed by atoms with van der Waals surface area (Å²) in [6.07, 6.45) is 7.79. The minimum Gasteiger partial charge on any atom is -0.342 e. The van der Waals surface area contributed by atoms with Gasteiger partial charge in [0.05, 0.1) is 11.4 Å². The molecule has 0 bridgehead atoms. The maximum atomic E-state index is 14.0. The number of likely N-dealkylation sites (tertiary alicyclic amines) is 1. The Morgan fingerprint density at radius 1 is 0.914 bits per heavy atom. The summed E-state index contributed by atoms with van der Waals surface area (Å²) in [6.45, 7) is 7.08. The maximum Gasteiger partial charge on any atom is 0.244 e. The predicted octanol–water partition coefficient (Wildman–Crippen LogP) is 5.42. The zero-order valence-corrected chi connectivity index (χ0v) is 22.3. The van der Waals surface area contributed by atoms with Gasteiger partial charge in [-0.3, -0.25) is 4.79 Å². The van der Waals surface area contributed by atoms with Crippen LogP contribution >= 0.6 is 0 Å². The number of nitrogens with zero attached hydrogens (tertiary/aromatic N) is 2. The lowest BCUT2D eigenvalue weighted by Gasteiger charge is -2.37. The van der Waals surface area contributed by atoms with Crippen molar-refractivity contribution in [3.05, 3.63) is 64.7 Å². The number of amides is 1. The van der Waals surface area contributed by atoms with E-state index in [0.717, 1.165) is 68.1 Å². The molecular formula is C29H40N2O3S. The van der Waals surface area contributed by atoms with Gasteiger partial charge < -0.3 is 4.90 Å². The van der Waals surface area contributed by atoms with Gasteiger partial charge in [0.2, 0.25) is 15.9 Å². The number of carbonyl (C=O) groups excluding carboxylic acids is 1. The van der Waals surface area contributed by atoms with Gasteiger partial charge in [-0.2, -0.15) is 4.31 Å². The van der Waals surface area contributed by atoms with E-state index in [2.05, 4.69) is 24.3 Å². The molecule has 2 aliphatic rings. The Bertz CT molecular complexity index is 1090. The van der Waals surface area contributed by atoms with Crippen LogP contribution in [0.3, 0.4) is 0 Å². The molecule has 0 radical (unpaired) electrons. The van der Waals surface area contributed by atoms with E-state index in [1.165, 1.54) is 5.56 Å². The summed E-state index contributed by atoms with van der Waals surface area (Å²) in [4.78, 5) is 15.7. The average molecular weight is 497 g/mol. The van der Waals surface area contributed by atoms with Crippen LogP contribution in [0.2, 0.25) is 0 Å². The van der Waals surface area contributed by atoms with Crippen LogP contribution in [0.4, 0.5) is 0 Å². The van der Waals surface area contributed by atoms with Crippen LogP contribution in [0.1, 0.15) is 67.2 Å². The van der Waals surface area contributed by atoms with Crippen molar-refractivity contribution in [2.24, 2.45) is 5.92 Å². The van der Waals surface area contributed by atoms with Crippen molar-refractivity contribution < 1.29 is 13.2 Å². The van der Waals surface area contributed by atoms with Gasteiger partial charge in [0, 0.05) is 19.1 Å². The van der Waals surface area contributed by atoms with Crippen molar-refractivity contribution in [2.75, 3.05) is 19.6 Å². The van der Waals surface area contributed by atoms with Crippen LogP contribution < -0.4 is 0 Å². The molecule has 35 heavy (non-hydrogen) atoms. The minimum absolute atomic E-state index is 0.0525. The minimum atomic E-state index is -3.78. The molecule has 1 saturated carbocycles. The molecule has 1 aliphatic carbocycles. The van der Waals surface area contributed by atoms with E-state index in [-0.39, 0.29) is 18.5 Å². The van der Waals surface area contributed by atoms with Crippen LogP contribution in [0.25, 0.3) is 0 Å². The van der Waals surface area contributed by atoms with Crippen LogP contribution in [0.15, 0.2) is 47.4 Å². The highest BCUT2D eigenvalue weighted by molar-refractivity contribution is 7.89. The molecule has 5 nitrogen and oxygen atoms in total. The standard InChI is InChI=1S/C29H40N2O3S/c1-22-18-23(2)29(24(3)19-22)35(33,34)31(27-12-8-5-9-13-27)21-28(32)30-16-14-26(15-17-30)20-25-10-6-4-7-11-25/h4,6-7,10-11,18-19,26-27H,5,8-9,12-17,20-21H2,1-3H3. The van der Waals surface area contributed by atoms with Gasteiger partial charge in [-0.15, -0.1) is 0 Å². The molecule has 0 aromatic heterocycles. The molecule has 0 N–H and O–H groups in total. The SMILES string of the molecule is Cc1cc(C)c(S(=O)(=O)N(CC(=O)N2CCC(Cc3ccccc3)CC2)C2CCCCC2)c(C)c1. The fourth-order valence-electron chi connectivity index (χ4n) is 6.04. The third-order valence-corrected chi connectivity index (χ3v) is 9.98.